The zero-order chi connectivity index (χ0) is 15.1. The first-order chi connectivity index (χ1) is 9.41. The lowest BCUT2D eigenvalue weighted by molar-refractivity contribution is 0.0766. The van der Waals surface area contributed by atoms with E-state index in [9.17, 15) is 0 Å². The van der Waals surface area contributed by atoms with E-state index in [0.29, 0.717) is 5.41 Å². The van der Waals surface area contributed by atoms with E-state index in [1.807, 2.05) is 7.11 Å². The Kier molecular flexibility index (Phi) is 7.53. The molecule has 0 aliphatic heterocycles. The molecule has 0 heterocycles. The molecular weight excluding hydrogens is 246 g/mol. The summed E-state index contributed by atoms with van der Waals surface area (Å²) in [5, 5.41) is 3.74. The Morgan fingerprint density at radius 2 is 1.85 bits per heavy atom. The van der Waals surface area contributed by atoms with Gasteiger partial charge in [0, 0.05) is 25.8 Å². The Balaban J connectivity index is 2.49. The lowest BCUT2D eigenvalue weighted by atomic mass is 9.67. The molecule has 120 valence electrons. The number of hydrogen-bond donors (Lipinski definition) is 1. The van der Waals surface area contributed by atoms with E-state index in [2.05, 4.69) is 33.0 Å². The highest BCUT2D eigenvalue weighted by atomic mass is 16.5. The van der Waals surface area contributed by atoms with Gasteiger partial charge in [-0.05, 0) is 64.2 Å². The van der Waals surface area contributed by atoms with Crippen LogP contribution in [0.5, 0.6) is 0 Å². The van der Waals surface area contributed by atoms with Crippen LogP contribution in [0.2, 0.25) is 0 Å². The second kappa shape index (κ2) is 8.38. The smallest absolute Gasteiger partial charge is 0.0468 e. The van der Waals surface area contributed by atoms with Gasteiger partial charge in [0.1, 0.15) is 0 Å². The lowest BCUT2D eigenvalue weighted by Gasteiger charge is -2.42. The van der Waals surface area contributed by atoms with E-state index in [1.54, 1.807) is 0 Å². The average Bonchev–Trinajstić information content (AvgIpc) is 2.42. The number of nitrogens with one attached hydrogen (secondary N) is 1. The maximum atomic E-state index is 5.37. The summed E-state index contributed by atoms with van der Waals surface area (Å²) in [7, 11) is 1.83. The maximum Gasteiger partial charge on any atom is 0.0468 e. The van der Waals surface area contributed by atoms with Crippen LogP contribution in [-0.2, 0) is 4.74 Å². The number of hydrogen-bond acceptors (Lipinski definition) is 2. The summed E-state index contributed by atoms with van der Waals surface area (Å²) in [5.74, 6) is 0.986. The molecule has 2 nitrogen and oxygen atoms in total. The van der Waals surface area contributed by atoms with E-state index in [1.165, 1.54) is 51.4 Å². The van der Waals surface area contributed by atoms with Gasteiger partial charge in [-0.25, -0.2) is 0 Å². The molecule has 1 N–H and O–H groups in total. The number of rotatable bonds is 8. The second-order valence-electron chi connectivity index (χ2n) is 7.93. The van der Waals surface area contributed by atoms with E-state index in [0.717, 1.165) is 19.1 Å². The second-order valence-corrected chi connectivity index (χ2v) is 7.93. The Hall–Kier alpha value is -0.0800. The van der Waals surface area contributed by atoms with Crippen molar-refractivity contribution in [3.8, 4) is 0 Å². The van der Waals surface area contributed by atoms with Crippen molar-refractivity contribution >= 4 is 0 Å². The summed E-state index contributed by atoms with van der Waals surface area (Å²) in [6, 6.07) is 0. The molecule has 0 aromatic heterocycles. The molecule has 1 rings (SSSR count). The van der Waals surface area contributed by atoms with Crippen LogP contribution in [0.3, 0.4) is 0 Å². The van der Waals surface area contributed by atoms with Crippen LogP contribution in [0.4, 0.5) is 0 Å². The van der Waals surface area contributed by atoms with E-state index < -0.39 is 0 Å². The van der Waals surface area contributed by atoms with Crippen molar-refractivity contribution in [1.29, 1.82) is 0 Å². The highest BCUT2D eigenvalue weighted by Gasteiger charge is 2.35. The predicted molar refractivity (Wildman–Crippen MR) is 88.2 cm³/mol. The van der Waals surface area contributed by atoms with Crippen LogP contribution in [0.25, 0.3) is 0 Å². The van der Waals surface area contributed by atoms with Crippen LogP contribution in [0.15, 0.2) is 0 Å². The van der Waals surface area contributed by atoms with Crippen molar-refractivity contribution < 1.29 is 4.74 Å². The topological polar surface area (TPSA) is 21.3 Å². The minimum atomic E-state index is 0.221. The van der Waals surface area contributed by atoms with E-state index in [-0.39, 0.29) is 5.54 Å². The molecule has 0 radical (unpaired) electrons. The van der Waals surface area contributed by atoms with Crippen LogP contribution in [0, 0.1) is 11.3 Å². The fourth-order valence-corrected chi connectivity index (χ4v) is 3.36. The molecule has 1 aliphatic carbocycles. The van der Waals surface area contributed by atoms with Crippen molar-refractivity contribution in [2.75, 3.05) is 20.3 Å². The first-order valence-electron chi connectivity index (χ1n) is 8.65. The van der Waals surface area contributed by atoms with Crippen molar-refractivity contribution in [2.24, 2.45) is 11.3 Å². The quantitative estimate of drug-likeness (QED) is 0.692. The van der Waals surface area contributed by atoms with Crippen LogP contribution in [0.1, 0.15) is 79.1 Å². The van der Waals surface area contributed by atoms with Gasteiger partial charge in [0.05, 0.1) is 0 Å². The van der Waals surface area contributed by atoms with Gasteiger partial charge in [0.15, 0.2) is 0 Å². The summed E-state index contributed by atoms with van der Waals surface area (Å²) in [6.45, 7) is 11.2. The van der Waals surface area contributed by atoms with Gasteiger partial charge in [-0.2, -0.15) is 0 Å². The molecule has 20 heavy (non-hydrogen) atoms. The molecule has 1 fully saturated rings. The molecule has 2 heteroatoms. The van der Waals surface area contributed by atoms with Crippen molar-refractivity contribution in [2.45, 2.75) is 84.6 Å². The van der Waals surface area contributed by atoms with Crippen LogP contribution in [-0.4, -0.2) is 25.8 Å². The van der Waals surface area contributed by atoms with E-state index >= 15 is 0 Å². The first kappa shape index (κ1) is 18.0. The Morgan fingerprint density at radius 3 is 2.35 bits per heavy atom. The molecule has 0 amide bonds. The van der Waals surface area contributed by atoms with Crippen molar-refractivity contribution in [3.63, 3.8) is 0 Å². The fraction of sp³-hybridized carbons (Fsp3) is 1.00. The normalized spacial score (nSPS) is 27.8. The van der Waals surface area contributed by atoms with Crippen LogP contribution >= 0.6 is 0 Å². The summed E-state index contributed by atoms with van der Waals surface area (Å²) in [5.41, 5.74) is 0.700. The minimum Gasteiger partial charge on any atom is -0.385 e. The Labute approximate surface area is 127 Å². The maximum absolute atomic E-state index is 5.37. The van der Waals surface area contributed by atoms with Crippen molar-refractivity contribution in [1.82, 2.24) is 5.32 Å². The standard InChI is InChI=1S/C18H37NO/c1-6-7-8-16-9-11-18(12-10-16,13-14-20-5)15-19-17(2,3)4/h16,19H,6-15H2,1-5H3. The predicted octanol–water partition coefficient (Wildman–Crippen LogP) is 4.78. The molecule has 0 bridgehead atoms. The van der Waals surface area contributed by atoms with E-state index in [4.69, 9.17) is 4.74 Å². The van der Waals surface area contributed by atoms with Gasteiger partial charge in [-0.1, -0.05) is 26.2 Å². The zero-order valence-corrected chi connectivity index (χ0v) is 14.6. The molecule has 0 aromatic rings. The molecule has 1 aliphatic rings. The van der Waals surface area contributed by atoms with Gasteiger partial charge in [-0.3, -0.25) is 0 Å². The van der Waals surface area contributed by atoms with Gasteiger partial charge in [0.25, 0.3) is 0 Å². The summed E-state index contributed by atoms with van der Waals surface area (Å²) >= 11 is 0. The third-order valence-corrected chi connectivity index (χ3v) is 4.96. The molecule has 0 saturated heterocycles. The van der Waals surface area contributed by atoms with Crippen LogP contribution < -0.4 is 5.32 Å². The Bertz CT molecular complexity index is 249. The van der Waals surface area contributed by atoms with Gasteiger partial charge in [0.2, 0.25) is 0 Å². The lowest BCUT2D eigenvalue weighted by Crippen LogP contribution is -2.45. The number of ether oxygens (including phenoxy) is 1. The third kappa shape index (κ3) is 6.58. The zero-order valence-electron chi connectivity index (χ0n) is 14.6. The Morgan fingerprint density at radius 1 is 1.20 bits per heavy atom. The summed E-state index contributed by atoms with van der Waals surface area (Å²) in [4.78, 5) is 0. The largest absolute Gasteiger partial charge is 0.385 e. The SMILES string of the molecule is CCCCC1CCC(CCOC)(CNC(C)(C)C)CC1. The summed E-state index contributed by atoms with van der Waals surface area (Å²) in [6.07, 6.45) is 11.0. The molecule has 0 spiro atoms. The first-order valence-corrected chi connectivity index (χ1v) is 8.65. The average molecular weight is 284 g/mol. The van der Waals surface area contributed by atoms with Gasteiger partial charge in [-0.15, -0.1) is 0 Å². The van der Waals surface area contributed by atoms with Gasteiger partial charge < -0.3 is 10.1 Å². The highest BCUT2D eigenvalue weighted by Crippen LogP contribution is 2.43. The van der Waals surface area contributed by atoms with Gasteiger partial charge >= 0.3 is 0 Å². The summed E-state index contributed by atoms with van der Waals surface area (Å²) < 4.78 is 5.37. The number of unbranched alkanes of at least 4 members (excludes halogenated alkanes) is 1. The van der Waals surface area contributed by atoms with Crippen molar-refractivity contribution in [3.05, 3.63) is 0 Å². The highest BCUT2D eigenvalue weighted by molar-refractivity contribution is 4.89. The molecule has 0 unspecified atom stereocenters. The monoisotopic (exact) mass is 283 g/mol. The third-order valence-electron chi connectivity index (χ3n) is 4.96. The molecule has 0 atom stereocenters. The number of methoxy groups -OCH3 is 1. The minimum absolute atomic E-state index is 0.221. The fourth-order valence-electron chi connectivity index (χ4n) is 3.36. The molecular formula is C18H37NO. The molecule has 1 saturated carbocycles. The molecule has 0 aromatic carbocycles.